The Morgan fingerprint density at radius 2 is 1.83 bits per heavy atom. The molecule has 0 radical (unpaired) electrons. The van der Waals surface area contributed by atoms with E-state index in [1.165, 1.54) is 6.20 Å². The Labute approximate surface area is 169 Å². The van der Waals surface area contributed by atoms with E-state index >= 15 is 0 Å². The van der Waals surface area contributed by atoms with Gasteiger partial charge in [-0.05, 0) is 53.9 Å². The van der Waals surface area contributed by atoms with Crippen LogP contribution in [-0.2, 0) is 17.8 Å². The van der Waals surface area contributed by atoms with Gasteiger partial charge in [-0.25, -0.2) is 0 Å². The number of methoxy groups -OCH3 is 1. The van der Waals surface area contributed by atoms with Crippen molar-refractivity contribution >= 4 is 17.5 Å². The minimum absolute atomic E-state index is 0.0580. The van der Waals surface area contributed by atoms with Gasteiger partial charge in [0.25, 0.3) is 5.91 Å². The average molecular weight is 389 g/mol. The van der Waals surface area contributed by atoms with E-state index in [9.17, 15) is 9.59 Å². The van der Waals surface area contributed by atoms with Crippen molar-refractivity contribution in [3.8, 4) is 5.75 Å². The first kappa shape index (κ1) is 20.1. The number of aromatic nitrogens is 1. The van der Waals surface area contributed by atoms with Crippen LogP contribution in [0.3, 0.4) is 0 Å². The van der Waals surface area contributed by atoms with Gasteiger partial charge in [-0.3, -0.25) is 14.6 Å². The van der Waals surface area contributed by atoms with Gasteiger partial charge in [0.05, 0.1) is 12.7 Å². The van der Waals surface area contributed by atoms with E-state index in [0.717, 1.165) is 16.9 Å². The van der Waals surface area contributed by atoms with E-state index in [1.807, 2.05) is 48.5 Å². The van der Waals surface area contributed by atoms with Crippen LogP contribution >= 0.6 is 0 Å². The smallest absolute Gasteiger partial charge is 0.253 e. The summed E-state index contributed by atoms with van der Waals surface area (Å²) in [4.78, 5) is 28.3. The fraction of sp³-hybridized carbons (Fsp3) is 0.174. The van der Waals surface area contributed by atoms with Gasteiger partial charge in [-0.1, -0.05) is 24.3 Å². The Hall–Kier alpha value is -3.67. The molecule has 2 aromatic carbocycles. The normalized spacial score (nSPS) is 10.2. The van der Waals surface area contributed by atoms with Crippen LogP contribution in [0, 0.1) is 0 Å². The number of hydrogen-bond acceptors (Lipinski definition) is 4. The Balaban J connectivity index is 1.49. The molecule has 0 spiro atoms. The third kappa shape index (κ3) is 6.17. The summed E-state index contributed by atoms with van der Waals surface area (Å²) in [5.74, 6) is 0.551. The van der Waals surface area contributed by atoms with E-state index in [1.54, 1.807) is 25.4 Å². The predicted octanol–water partition coefficient (Wildman–Crippen LogP) is 3.59. The molecule has 0 aliphatic rings. The van der Waals surface area contributed by atoms with Crippen LogP contribution in [0.1, 0.15) is 27.9 Å². The number of carbonyl (C=O) groups excluding carboxylic acids is 2. The first-order valence-corrected chi connectivity index (χ1v) is 9.34. The summed E-state index contributed by atoms with van der Waals surface area (Å²) in [5, 5.41) is 5.76. The molecule has 1 aromatic heterocycles. The van der Waals surface area contributed by atoms with Crippen molar-refractivity contribution in [3.05, 3.63) is 89.7 Å². The molecule has 1 heterocycles. The number of rotatable bonds is 8. The zero-order valence-corrected chi connectivity index (χ0v) is 16.2. The lowest BCUT2D eigenvalue weighted by Gasteiger charge is -2.09. The largest absolute Gasteiger partial charge is 0.497 e. The highest BCUT2D eigenvalue weighted by molar-refractivity contribution is 5.94. The molecule has 0 aliphatic heterocycles. The fourth-order valence-electron chi connectivity index (χ4n) is 2.81. The maximum absolute atomic E-state index is 12.3. The number of amides is 2. The number of pyridine rings is 1. The number of benzene rings is 2. The molecule has 0 saturated carbocycles. The topological polar surface area (TPSA) is 80.3 Å². The van der Waals surface area contributed by atoms with Crippen molar-refractivity contribution in [2.75, 3.05) is 12.4 Å². The van der Waals surface area contributed by atoms with Crippen molar-refractivity contribution in [2.24, 2.45) is 0 Å². The van der Waals surface area contributed by atoms with Crippen LogP contribution in [0.15, 0.2) is 73.1 Å². The summed E-state index contributed by atoms with van der Waals surface area (Å²) < 4.78 is 5.14. The zero-order valence-electron chi connectivity index (χ0n) is 16.2. The molecule has 0 aliphatic carbocycles. The van der Waals surface area contributed by atoms with Crippen LogP contribution in [0.4, 0.5) is 5.69 Å². The lowest BCUT2D eigenvalue weighted by molar-refractivity contribution is -0.116. The van der Waals surface area contributed by atoms with Gasteiger partial charge in [0.2, 0.25) is 5.91 Å². The molecule has 3 aromatic rings. The Kier molecular flexibility index (Phi) is 6.95. The second-order valence-electron chi connectivity index (χ2n) is 6.52. The van der Waals surface area contributed by atoms with Crippen LogP contribution in [0.5, 0.6) is 5.75 Å². The molecule has 6 heteroatoms. The number of ether oxygens (including phenoxy) is 1. The SMILES string of the molecule is COc1ccc(CCC(=O)Nc2cccc(CNC(=O)c3cccnc3)c2)cc1. The predicted molar refractivity (Wildman–Crippen MR) is 112 cm³/mol. The fourth-order valence-corrected chi connectivity index (χ4v) is 2.81. The second kappa shape index (κ2) is 10.0. The Morgan fingerprint density at radius 1 is 1.00 bits per heavy atom. The lowest BCUT2D eigenvalue weighted by atomic mass is 10.1. The summed E-state index contributed by atoms with van der Waals surface area (Å²) in [5.41, 5.74) is 3.19. The van der Waals surface area contributed by atoms with E-state index in [4.69, 9.17) is 4.74 Å². The van der Waals surface area contributed by atoms with Crippen LogP contribution in [0.25, 0.3) is 0 Å². The molecule has 6 nitrogen and oxygen atoms in total. The second-order valence-corrected chi connectivity index (χ2v) is 6.52. The van der Waals surface area contributed by atoms with Gasteiger partial charge in [0.1, 0.15) is 5.75 Å². The Bertz CT molecular complexity index is 957. The zero-order chi connectivity index (χ0) is 20.5. The van der Waals surface area contributed by atoms with Crippen LogP contribution in [-0.4, -0.2) is 23.9 Å². The van der Waals surface area contributed by atoms with Crippen molar-refractivity contribution in [1.82, 2.24) is 10.3 Å². The van der Waals surface area contributed by atoms with Crippen molar-refractivity contribution < 1.29 is 14.3 Å². The van der Waals surface area contributed by atoms with E-state index in [0.29, 0.717) is 30.6 Å². The van der Waals surface area contributed by atoms with E-state index in [-0.39, 0.29) is 11.8 Å². The highest BCUT2D eigenvalue weighted by Crippen LogP contribution is 2.14. The standard InChI is InChI=1S/C23H23N3O3/c1-29-21-10-7-17(8-11-21)9-12-22(27)26-20-6-2-4-18(14-20)15-25-23(28)19-5-3-13-24-16-19/h2-8,10-11,13-14,16H,9,12,15H2,1H3,(H,25,28)(H,26,27). The first-order chi connectivity index (χ1) is 14.1. The summed E-state index contributed by atoms with van der Waals surface area (Å²) in [6.07, 6.45) is 4.18. The molecule has 148 valence electrons. The number of hydrogen-bond donors (Lipinski definition) is 2. The monoisotopic (exact) mass is 389 g/mol. The molecule has 3 rings (SSSR count). The van der Waals surface area contributed by atoms with Crippen LogP contribution in [0.2, 0.25) is 0 Å². The number of nitrogens with one attached hydrogen (secondary N) is 2. The molecular weight excluding hydrogens is 366 g/mol. The van der Waals surface area contributed by atoms with Gasteiger partial charge in [-0.15, -0.1) is 0 Å². The van der Waals surface area contributed by atoms with Gasteiger partial charge in [-0.2, -0.15) is 0 Å². The number of anilines is 1. The van der Waals surface area contributed by atoms with Gasteiger partial charge < -0.3 is 15.4 Å². The third-order valence-corrected chi connectivity index (χ3v) is 4.39. The quantitative estimate of drug-likeness (QED) is 0.617. The summed E-state index contributed by atoms with van der Waals surface area (Å²) in [7, 11) is 1.63. The van der Waals surface area contributed by atoms with Gasteiger partial charge in [0, 0.05) is 31.0 Å². The van der Waals surface area contributed by atoms with E-state index in [2.05, 4.69) is 15.6 Å². The van der Waals surface area contributed by atoms with Gasteiger partial charge >= 0.3 is 0 Å². The molecule has 0 atom stereocenters. The molecule has 2 N–H and O–H groups in total. The number of carbonyl (C=O) groups is 2. The highest BCUT2D eigenvalue weighted by atomic mass is 16.5. The molecule has 0 unspecified atom stereocenters. The maximum atomic E-state index is 12.3. The molecule has 0 saturated heterocycles. The van der Waals surface area contributed by atoms with Crippen LogP contribution < -0.4 is 15.4 Å². The molecule has 2 amide bonds. The van der Waals surface area contributed by atoms with E-state index < -0.39 is 0 Å². The molecule has 0 fully saturated rings. The molecule has 0 bridgehead atoms. The average Bonchev–Trinajstić information content (AvgIpc) is 2.77. The summed E-state index contributed by atoms with van der Waals surface area (Å²) >= 11 is 0. The minimum atomic E-state index is -0.188. The number of aryl methyl sites for hydroxylation is 1. The number of nitrogens with zero attached hydrogens (tertiary/aromatic N) is 1. The highest BCUT2D eigenvalue weighted by Gasteiger charge is 2.07. The van der Waals surface area contributed by atoms with Crippen molar-refractivity contribution in [1.29, 1.82) is 0 Å². The lowest BCUT2D eigenvalue weighted by Crippen LogP contribution is -2.23. The molecule has 29 heavy (non-hydrogen) atoms. The molecular formula is C23H23N3O3. The summed E-state index contributed by atoms with van der Waals surface area (Å²) in [6.45, 7) is 0.364. The van der Waals surface area contributed by atoms with Gasteiger partial charge in [0.15, 0.2) is 0 Å². The first-order valence-electron chi connectivity index (χ1n) is 9.34. The summed E-state index contributed by atoms with van der Waals surface area (Å²) in [6, 6.07) is 18.6. The Morgan fingerprint density at radius 3 is 2.55 bits per heavy atom. The van der Waals surface area contributed by atoms with Crippen molar-refractivity contribution in [3.63, 3.8) is 0 Å². The maximum Gasteiger partial charge on any atom is 0.253 e. The van der Waals surface area contributed by atoms with Crippen molar-refractivity contribution in [2.45, 2.75) is 19.4 Å². The third-order valence-electron chi connectivity index (χ3n) is 4.39. The minimum Gasteiger partial charge on any atom is -0.497 e.